The highest BCUT2D eigenvalue weighted by Crippen LogP contribution is 2.40. The monoisotopic (exact) mass is 508 g/mol. The molecular weight excluding hydrogens is 476 g/mol. The second-order valence-electron chi connectivity index (χ2n) is 8.57. The molecule has 0 saturated carbocycles. The van der Waals surface area contributed by atoms with E-state index in [-0.39, 0.29) is 11.7 Å². The van der Waals surface area contributed by atoms with Crippen molar-refractivity contribution in [2.24, 2.45) is 5.92 Å². The van der Waals surface area contributed by atoms with E-state index in [1.165, 1.54) is 38.7 Å². The Labute approximate surface area is 216 Å². The predicted octanol–water partition coefficient (Wildman–Crippen LogP) is 4.69. The van der Waals surface area contributed by atoms with E-state index in [0.29, 0.717) is 34.0 Å². The van der Waals surface area contributed by atoms with E-state index in [1.807, 2.05) is 6.07 Å². The Morgan fingerprint density at radius 2 is 1.72 bits per heavy atom. The molecule has 190 valence electrons. The van der Waals surface area contributed by atoms with E-state index in [1.54, 1.807) is 18.3 Å². The highest BCUT2D eigenvalue weighted by molar-refractivity contribution is 7.99. The molecular formula is C27H32N4O4S. The zero-order valence-corrected chi connectivity index (χ0v) is 21.7. The summed E-state index contributed by atoms with van der Waals surface area (Å²) in [5.74, 6) is 3.03. The molecule has 0 bridgehead atoms. The van der Waals surface area contributed by atoms with Gasteiger partial charge in [-0.05, 0) is 36.8 Å². The number of amides is 1. The summed E-state index contributed by atoms with van der Waals surface area (Å²) in [5.41, 5.74) is 1.96. The van der Waals surface area contributed by atoms with Crippen molar-refractivity contribution in [3.05, 3.63) is 60.3 Å². The molecule has 1 saturated heterocycles. The van der Waals surface area contributed by atoms with Crippen molar-refractivity contribution in [1.82, 2.24) is 9.97 Å². The lowest BCUT2D eigenvalue weighted by atomic mass is 9.90. The van der Waals surface area contributed by atoms with Crippen LogP contribution in [-0.4, -0.2) is 56.0 Å². The summed E-state index contributed by atoms with van der Waals surface area (Å²) in [7, 11) is 4.61. The van der Waals surface area contributed by atoms with Crippen LogP contribution in [0.25, 0.3) is 0 Å². The Hall–Kier alpha value is -3.46. The van der Waals surface area contributed by atoms with Crippen LogP contribution in [0.3, 0.4) is 0 Å². The first-order valence-electron chi connectivity index (χ1n) is 11.9. The molecule has 0 radical (unpaired) electrons. The Morgan fingerprint density at radius 3 is 2.36 bits per heavy atom. The maximum atomic E-state index is 12.6. The molecule has 1 amide bonds. The molecule has 0 unspecified atom stereocenters. The van der Waals surface area contributed by atoms with Crippen LogP contribution in [0.2, 0.25) is 0 Å². The number of ether oxygens (including phenoxy) is 3. The number of anilines is 2. The third kappa shape index (κ3) is 6.60. The lowest BCUT2D eigenvalue weighted by Gasteiger charge is -2.33. The fourth-order valence-corrected chi connectivity index (χ4v) is 5.00. The molecule has 1 N–H and O–H groups in total. The van der Waals surface area contributed by atoms with E-state index in [9.17, 15) is 4.79 Å². The minimum absolute atomic E-state index is 0.176. The van der Waals surface area contributed by atoms with Crippen LogP contribution in [0.15, 0.2) is 59.9 Å². The zero-order valence-electron chi connectivity index (χ0n) is 20.9. The van der Waals surface area contributed by atoms with Gasteiger partial charge in [0, 0.05) is 37.1 Å². The predicted molar refractivity (Wildman–Crippen MR) is 143 cm³/mol. The molecule has 2 aromatic carbocycles. The number of nitrogens with one attached hydrogen (secondary N) is 1. The minimum atomic E-state index is -0.176. The molecule has 8 nitrogen and oxygen atoms in total. The standard InChI is InChI=1S/C27H32N4O4S/c1-33-22-16-21(17-23(34-2)26(22)35-3)29-25(32)18-36-27-28-12-9-24(30-27)31-13-10-20(11-14-31)15-19-7-5-4-6-8-19/h4-9,12,16-17,20H,10-11,13-15,18H2,1-3H3,(H,29,32). The Morgan fingerprint density at radius 1 is 1.03 bits per heavy atom. The maximum absolute atomic E-state index is 12.6. The fraction of sp³-hybridized carbons (Fsp3) is 0.370. The Kier molecular flexibility index (Phi) is 8.89. The molecule has 2 heterocycles. The number of hydrogen-bond acceptors (Lipinski definition) is 8. The summed E-state index contributed by atoms with van der Waals surface area (Å²) >= 11 is 1.31. The van der Waals surface area contributed by atoms with Crippen molar-refractivity contribution >= 4 is 29.2 Å². The van der Waals surface area contributed by atoms with Crippen molar-refractivity contribution in [3.63, 3.8) is 0 Å². The highest BCUT2D eigenvalue weighted by Gasteiger charge is 2.21. The van der Waals surface area contributed by atoms with Crippen LogP contribution in [0.1, 0.15) is 18.4 Å². The number of carbonyl (C=O) groups excluding carboxylic acids is 1. The summed E-state index contributed by atoms with van der Waals surface area (Å²) in [6.07, 6.45) is 5.16. The topological polar surface area (TPSA) is 85.8 Å². The van der Waals surface area contributed by atoms with Crippen LogP contribution >= 0.6 is 11.8 Å². The minimum Gasteiger partial charge on any atom is -0.493 e. The van der Waals surface area contributed by atoms with Gasteiger partial charge < -0.3 is 24.4 Å². The third-order valence-electron chi connectivity index (χ3n) is 6.21. The first-order valence-corrected chi connectivity index (χ1v) is 12.9. The molecule has 1 aliphatic heterocycles. The van der Waals surface area contributed by atoms with Gasteiger partial charge in [0.05, 0.1) is 27.1 Å². The highest BCUT2D eigenvalue weighted by atomic mass is 32.2. The van der Waals surface area contributed by atoms with Crippen LogP contribution < -0.4 is 24.4 Å². The lowest BCUT2D eigenvalue weighted by molar-refractivity contribution is -0.113. The fourth-order valence-electron chi connectivity index (χ4n) is 4.37. The van der Waals surface area contributed by atoms with Crippen LogP contribution in [-0.2, 0) is 11.2 Å². The zero-order chi connectivity index (χ0) is 25.3. The average molecular weight is 509 g/mol. The lowest BCUT2D eigenvalue weighted by Crippen LogP contribution is -2.35. The molecule has 0 spiro atoms. The van der Waals surface area contributed by atoms with Crippen LogP contribution in [0.4, 0.5) is 11.5 Å². The van der Waals surface area contributed by atoms with E-state index in [2.05, 4.69) is 45.5 Å². The number of nitrogens with zero attached hydrogens (tertiary/aromatic N) is 3. The van der Waals surface area contributed by atoms with Gasteiger partial charge in [-0.2, -0.15) is 0 Å². The Bertz CT molecular complexity index is 1130. The number of carbonyl (C=O) groups is 1. The number of aromatic nitrogens is 2. The van der Waals surface area contributed by atoms with Gasteiger partial charge in [0.2, 0.25) is 11.7 Å². The molecule has 36 heavy (non-hydrogen) atoms. The SMILES string of the molecule is COc1cc(NC(=O)CSc2nccc(N3CCC(Cc4ccccc4)CC3)n2)cc(OC)c1OC. The summed E-state index contributed by atoms with van der Waals surface area (Å²) in [6.45, 7) is 1.94. The van der Waals surface area contributed by atoms with E-state index in [0.717, 1.165) is 38.2 Å². The summed E-state index contributed by atoms with van der Waals surface area (Å²) < 4.78 is 16.0. The smallest absolute Gasteiger partial charge is 0.234 e. The van der Waals surface area contributed by atoms with Crippen molar-refractivity contribution < 1.29 is 19.0 Å². The van der Waals surface area contributed by atoms with Crippen molar-refractivity contribution in [2.75, 3.05) is 50.4 Å². The maximum Gasteiger partial charge on any atom is 0.234 e. The first kappa shape index (κ1) is 25.6. The second-order valence-corrected chi connectivity index (χ2v) is 9.51. The van der Waals surface area contributed by atoms with Gasteiger partial charge in [-0.25, -0.2) is 9.97 Å². The Balaban J connectivity index is 1.30. The van der Waals surface area contributed by atoms with Gasteiger partial charge in [0.25, 0.3) is 0 Å². The third-order valence-corrected chi connectivity index (χ3v) is 7.07. The summed E-state index contributed by atoms with van der Waals surface area (Å²) in [6, 6.07) is 16.0. The average Bonchev–Trinajstić information content (AvgIpc) is 2.92. The molecule has 1 aromatic heterocycles. The largest absolute Gasteiger partial charge is 0.493 e. The van der Waals surface area contributed by atoms with Crippen molar-refractivity contribution in [1.29, 1.82) is 0 Å². The molecule has 9 heteroatoms. The van der Waals surface area contributed by atoms with Crippen molar-refractivity contribution in [3.8, 4) is 17.2 Å². The second kappa shape index (κ2) is 12.5. The van der Waals surface area contributed by atoms with Gasteiger partial charge in [-0.1, -0.05) is 42.1 Å². The van der Waals surface area contributed by atoms with Crippen LogP contribution in [0.5, 0.6) is 17.2 Å². The van der Waals surface area contributed by atoms with Gasteiger partial charge in [0.15, 0.2) is 16.7 Å². The van der Waals surface area contributed by atoms with E-state index < -0.39 is 0 Å². The molecule has 4 rings (SSSR count). The molecule has 1 aliphatic rings. The molecule has 1 fully saturated rings. The van der Waals surface area contributed by atoms with Crippen LogP contribution in [0, 0.1) is 5.92 Å². The van der Waals surface area contributed by atoms with E-state index >= 15 is 0 Å². The van der Waals surface area contributed by atoms with Gasteiger partial charge in [-0.3, -0.25) is 4.79 Å². The quantitative estimate of drug-likeness (QED) is 0.312. The number of methoxy groups -OCH3 is 3. The number of thioether (sulfide) groups is 1. The number of rotatable bonds is 10. The number of hydrogen-bond donors (Lipinski definition) is 1. The molecule has 0 atom stereocenters. The molecule has 0 aliphatic carbocycles. The summed E-state index contributed by atoms with van der Waals surface area (Å²) in [5, 5.41) is 3.46. The van der Waals surface area contributed by atoms with E-state index in [4.69, 9.17) is 19.2 Å². The van der Waals surface area contributed by atoms with Gasteiger partial charge in [-0.15, -0.1) is 0 Å². The molecule has 3 aromatic rings. The first-order chi connectivity index (χ1) is 17.6. The number of piperidine rings is 1. The normalized spacial score (nSPS) is 13.8. The van der Waals surface area contributed by atoms with Gasteiger partial charge >= 0.3 is 0 Å². The van der Waals surface area contributed by atoms with Gasteiger partial charge in [0.1, 0.15) is 5.82 Å². The summed E-state index contributed by atoms with van der Waals surface area (Å²) in [4.78, 5) is 24.0. The number of benzene rings is 2. The van der Waals surface area contributed by atoms with Crippen molar-refractivity contribution in [2.45, 2.75) is 24.4 Å².